The molecule has 2 rings (SSSR count). The molecule has 0 atom stereocenters. The summed E-state index contributed by atoms with van der Waals surface area (Å²) in [6.07, 6.45) is 4.24. The van der Waals surface area contributed by atoms with Crippen LogP contribution in [0.25, 0.3) is 0 Å². The zero-order valence-electron chi connectivity index (χ0n) is 17.3. The highest BCUT2D eigenvalue weighted by atomic mass is 16.6. The average molecular weight is 361 g/mol. The van der Waals surface area contributed by atoms with Crippen molar-refractivity contribution in [2.24, 2.45) is 5.92 Å². The van der Waals surface area contributed by atoms with E-state index in [-0.39, 0.29) is 11.5 Å². The second kappa shape index (κ2) is 8.32. The highest BCUT2D eigenvalue weighted by Crippen LogP contribution is 2.28. The molecule has 1 aromatic carbocycles. The van der Waals surface area contributed by atoms with Gasteiger partial charge in [0.2, 0.25) is 0 Å². The molecule has 26 heavy (non-hydrogen) atoms. The average Bonchev–Trinajstić information content (AvgIpc) is 2.52. The highest BCUT2D eigenvalue weighted by Gasteiger charge is 2.23. The third-order valence-corrected chi connectivity index (χ3v) is 4.90. The maximum absolute atomic E-state index is 11.8. The van der Waals surface area contributed by atoms with E-state index in [0.717, 1.165) is 25.7 Å². The number of benzene rings is 1. The van der Waals surface area contributed by atoms with Crippen LogP contribution in [0.4, 0.5) is 10.5 Å². The molecular formula is C22H36N2O2. The quantitative estimate of drug-likeness (QED) is 0.747. The number of hydrogen-bond acceptors (Lipinski definition) is 3. The minimum atomic E-state index is -0.436. The zero-order chi connectivity index (χ0) is 19.4. The van der Waals surface area contributed by atoms with E-state index < -0.39 is 5.60 Å². The lowest BCUT2D eigenvalue weighted by Crippen LogP contribution is -2.37. The first-order chi connectivity index (χ1) is 12.0. The fourth-order valence-electron chi connectivity index (χ4n) is 3.35. The molecule has 0 saturated heterocycles. The lowest BCUT2D eigenvalue weighted by Gasteiger charge is -2.30. The van der Waals surface area contributed by atoms with Crippen molar-refractivity contribution in [2.75, 3.05) is 11.9 Å². The number of carbonyl (C=O) groups excluding carboxylic acids is 1. The molecule has 1 saturated carbocycles. The van der Waals surface area contributed by atoms with Gasteiger partial charge >= 0.3 is 6.09 Å². The molecule has 0 bridgehead atoms. The Morgan fingerprint density at radius 2 is 1.58 bits per heavy atom. The van der Waals surface area contributed by atoms with E-state index in [9.17, 15) is 4.79 Å². The van der Waals surface area contributed by atoms with Crippen molar-refractivity contribution in [3.8, 4) is 0 Å². The Kier molecular flexibility index (Phi) is 6.59. The molecule has 1 aliphatic carbocycles. The molecule has 0 heterocycles. The molecule has 2 N–H and O–H groups in total. The first-order valence-corrected chi connectivity index (χ1v) is 9.87. The van der Waals surface area contributed by atoms with Gasteiger partial charge in [-0.15, -0.1) is 0 Å². The van der Waals surface area contributed by atoms with Crippen molar-refractivity contribution in [3.05, 3.63) is 29.8 Å². The maximum atomic E-state index is 11.8. The fraction of sp³-hybridized carbons (Fsp3) is 0.682. The number of carbonyl (C=O) groups is 1. The van der Waals surface area contributed by atoms with Gasteiger partial charge in [-0.3, -0.25) is 0 Å². The normalized spacial score (nSPS) is 21.2. The Balaban J connectivity index is 1.72. The van der Waals surface area contributed by atoms with Gasteiger partial charge in [-0.1, -0.05) is 32.9 Å². The molecule has 0 spiro atoms. The van der Waals surface area contributed by atoms with Crippen LogP contribution in [0, 0.1) is 5.92 Å². The Morgan fingerprint density at radius 3 is 2.08 bits per heavy atom. The Hall–Kier alpha value is -1.71. The molecule has 1 amide bonds. The van der Waals surface area contributed by atoms with Crippen molar-refractivity contribution in [1.82, 2.24) is 5.32 Å². The van der Waals surface area contributed by atoms with Gasteiger partial charge in [0.15, 0.2) is 0 Å². The fourth-order valence-corrected chi connectivity index (χ4v) is 3.35. The molecule has 146 valence electrons. The minimum absolute atomic E-state index is 0.192. The zero-order valence-corrected chi connectivity index (χ0v) is 17.3. The second-order valence-corrected chi connectivity index (χ2v) is 9.57. The van der Waals surface area contributed by atoms with Crippen molar-refractivity contribution in [2.45, 2.75) is 84.3 Å². The number of alkyl carbamates (subject to hydrolysis) is 1. The summed E-state index contributed by atoms with van der Waals surface area (Å²) in [5.74, 6) is 0.545. The number of amides is 1. The summed E-state index contributed by atoms with van der Waals surface area (Å²) < 4.78 is 5.30. The molecule has 1 fully saturated rings. The predicted molar refractivity (Wildman–Crippen MR) is 109 cm³/mol. The molecule has 1 aliphatic rings. The van der Waals surface area contributed by atoms with Crippen LogP contribution in [-0.4, -0.2) is 24.3 Å². The maximum Gasteiger partial charge on any atom is 0.407 e. The van der Waals surface area contributed by atoms with E-state index in [1.807, 2.05) is 20.8 Å². The van der Waals surface area contributed by atoms with E-state index in [4.69, 9.17) is 4.74 Å². The molecule has 0 radical (unpaired) electrons. The first-order valence-electron chi connectivity index (χ1n) is 9.87. The van der Waals surface area contributed by atoms with E-state index in [0.29, 0.717) is 18.5 Å². The number of ether oxygens (including phenoxy) is 1. The lowest BCUT2D eigenvalue weighted by atomic mass is 9.85. The lowest BCUT2D eigenvalue weighted by molar-refractivity contribution is 0.0515. The van der Waals surface area contributed by atoms with E-state index in [1.165, 1.54) is 11.3 Å². The largest absolute Gasteiger partial charge is 0.444 e. The summed E-state index contributed by atoms with van der Waals surface area (Å²) in [5.41, 5.74) is 2.32. The van der Waals surface area contributed by atoms with Crippen LogP contribution in [0.2, 0.25) is 0 Å². The molecule has 4 heteroatoms. The van der Waals surface area contributed by atoms with Gasteiger partial charge < -0.3 is 15.4 Å². The summed E-state index contributed by atoms with van der Waals surface area (Å²) in [7, 11) is 0. The van der Waals surface area contributed by atoms with Crippen LogP contribution in [0.3, 0.4) is 0 Å². The van der Waals surface area contributed by atoms with Gasteiger partial charge in [0.1, 0.15) is 5.60 Å². The monoisotopic (exact) mass is 360 g/mol. The topological polar surface area (TPSA) is 50.4 Å². The van der Waals surface area contributed by atoms with Gasteiger partial charge in [-0.05, 0) is 75.5 Å². The van der Waals surface area contributed by atoms with Gasteiger partial charge in [0.05, 0.1) is 0 Å². The summed E-state index contributed by atoms with van der Waals surface area (Å²) in [6, 6.07) is 9.35. The van der Waals surface area contributed by atoms with Crippen LogP contribution in [-0.2, 0) is 10.2 Å². The molecule has 0 aromatic heterocycles. The van der Waals surface area contributed by atoms with E-state index in [1.54, 1.807) is 0 Å². The van der Waals surface area contributed by atoms with Crippen LogP contribution in [0.1, 0.15) is 72.8 Å². The van der Waals surface area contributed by atoms with Gasteiger partial charge in [-0.2, -0.15) is 0 Å². The highest BCUT2D eigenvalue weighted by molar-refractivity contribution is 5.67. The van der Waals surface area contributed by atoms with Gasteiger partial charge in [0.25, 0.3) is 0 Å². The molecule has 1 aromatic rings. The van der Waals surface area contributed by atoms with Crippen LogP contribution in [0.5, 0.6) is 0 Å². The molecule has 4 nitrogen and oxygen atoms in total. The van der Waals surface area contributed by atoms with E-state index in [2.05, 4.69) is 55.7 Å². The Bertz CT molecular complexity index is 574. The Labute approximate surface area is 159 Å². The minimum Gasteiger partial charge on any atom is -0.444 e. The second-order valence-electron chi connectivity index (χ2n) is 9.57. The van der Waals surface area contributed by atoms with Gasteiger partial charge in [-0.25, -0.2) is 4.79 Å². The first kappa shape index (κ1) is 20.6. The Morgan fingerprint density at radius 1 is 1.00 bits per heavy atom. The summed E-state index contributed by atoms with van der Waals surface area (Å²) >= 11 is 0. The number of anilines is 1. The van der Waals surface area contributed by atoms with Crippen molar-refractivity contribution < 1.29 is 9.53 Å². The molecule has 0 unspecified atom stereocenters. The third kappa shape index (κ3) is 6.89. The molecule has 0 aliphatic heterocycles. The summed E-state index contributed by atoms with van der Waals surface area (Å²) in [5, 5.41) is 6.58. The van der Waals surface area contributed by atoms with Crippen molar-refractivity contribution in [3.63, 3.8) is 0 Å². The molecular weight excluding hydrogens is 324 g/mol. The third-order valence-electron chi connectivity index (χ3n) is 4.90. The van der Waals surface area contributed by atoms with Crippen LogP contribution < -0.4 is 10.6 Å². The number of nitrogens with one attached hydrogen (secondary N) is 2. The summed E-state index contributed by atoms with van der Waals surface area (Å²) in [6.45, 7) is 13.1. The van der Waals surface area contributed by atoms with Crippen LogP contribution >= 0.6 is 0 Å². The van der Waals surface area contributed by atoms with Gasteiger partial charge in [0, 0.05) is 18.3 Å². The van der Waals surface area contributed by atoms with Crippen molar-refractivity contribution in [1.29, 1.82) is 0 Å². The summed E-state index contributed by atoms with van der Waals surface area (Å²) in [4.78, 5) is 11.8. The van der Waals surface area contributed by atoms with Crippen molar-refractivity contribution >= 4 is 11.8 Å². The van der Waals surface area contributed by atoms with E-state index >= 15 is 0 Å². The smallest absolute Gasteiger partial charge is 0.407 e. The predicted octanol–water partition coefficient (Wildman–Crippen LogP) is 5.48. The standard InChI is InChI=1S/C22H36N2O2/c1-21(2,3)17-9-13-19(14-10-17)24-18-11-7-16(8-12-18)15-23-20(25)26-22(4,5)6/h9-10,13-14,16,18,24H,7-8,11-12,15H2,1-6H3,(H,23,25). The van der Waals surface area contributed by atoms with Crippen LogP contribution in [0.15, 0.2) is 24.3 Å². The number of hydrogen-bond donors (Lipinski definition) is 2. The number of rotatable bonds is 4. The SMILES string of the molecule is CC(C)(C)OC(=O)NCC1CCC(Nc2ccc(C(C)(C)C)cc2)CC1.